The first-order chi connectivity index (χ1) is 11.5. The monoisotopic (exact) mass is 350 g/mol. The number of ether oxygens (including phenoxy) is 1. The van der Waals surface area contributed by atoms with Gasteiger partial charge in [-0.1, -0.05) is 23.7 Å². The number of carbonyl (C=O) groups is 1. The van der Waals surface area contributed by atoms with Gasteiger partial charge in [0.05, 0.1) is 5.02 Å². The van der Waals surface area contributed by atoms with Crippen molar-refractivity contribution in [2.45, 2.75) is 37.8 Å². The molecule has 0 spiro atoms. The van der Waals surface area contributed by atoms with Crippen molar-refractivity contribution in [2.75, 3.05) is 27.7 Å². The van der Waals surface area contributed by atoms with Gasteiger partial charge in [-0.2, -0.15) is 0 Å². The topological polar surface area (TPSA) is 32.8 Å². The predicted octanol–water partition coefficient (Wildman–Crippen LogP) is 3.30. The van der Waals surface area contributed by atoms with Gasteiger partial charge in [0.2, 0.25) is 0 Å². The zero-order chi connectivity index (χ0) is 17.3. The molecule has 3 rings (SSSR count). The molecule has 0 aliphatic heterocycles. The minimum atomic E-state index is 0.0315. The molecule has 0 heterocycles. The number of likely N-dealkylation sites (N-methyl/N-ethyl adjacent to an activating group) is 1. The highest BCUT2D eigenvalue weighted by molar-refractivity contribution is 6.32. The van der Waals surface area contributed by atoms with Gasteiger partial charge in [0, 0.05) is 19.1 Å². The molecule has 5 heteroatoms. The molecule has 0 N–H and O–H groups in total. The molecular formula is C19H27ClN2O2. The highest BCUT2D eigenvalue weighted by Gasteiger charge is 2.44. The quantitative estimate of drug-likeness (QED) is 0.816. The van der Waals surface area contributed by atoms with Crippen molar-refractivity contribution in [3.05, 3.63) is 29.3 Å². The number of fused-ring (bicyclic) bond motifs is 1. The van der Waals surface area contributed by atoms with Gasteiger partial charge in [0.15, 0.2) is 6.61 Å². The zero-order valence-electron chi connectivity index (χ0n) is 14.7. The number of carbonyl (C=O) groups excluding carboxylic acids is 1. The van der Waals surface area contributed by atoms with Crippen molar-refractivity contribution in [3.63, 3.8) is 0 Å². The number of nitrogens with zero attached hydrogens (tertiary/aromatic N) is 2. The molecule has 0 saturated heterocycles. The maximum atomic E-state index is 12.5. The van der Waals surface area contributed by atoms with E-state index in [1.807, 2.05) is 24.1 Å². The standard InChI is InChI=1S/C19H27ClN2O2/c1-21(2)15-8-13-10-16(11-14(13)9-15)22(3)19(23)12-24-18-7-5-4-6-17(18)20/h4-7,13-16H,8-12H2,1-3H3/t13-,14+,15?,16?. The Balaban J connectivity index is 1.50. The highest BCUT2D eigenvalue weighted by atomic mass is 35.5. The largest absolute Gasteiger partial charge is 0.482 e. The molecule has 4 nitrogen and oxygen atoms in total. The van der Waals surface area contributed by atoms with Gasteiger partial charge in [-0.05, 0) is 63.7 Å². The van der Waals surface area contributed by atoms with Crippen LogP contribution in [0.4, 0.5) is 0 Å². The molecular weight excluding hydrogens is 324 g/mol. The average Bonchev–Trinajstić information content (AvgIpc) is 3.12. The Morgan fingerprint density at radius 1 is 1.08 bits per heavy atom. The number of hydrogen-bond donors (Lipinski definition) is 0. The maximum Gasteiger partial charge on any atom is 0.260 e. The second kappa shape index (κ2) is 7.32. The lowest BCUT2D eigenvalue weighted by molar-refractivity contribution is -0.134. The molecule has 4 atom stereocenters. The van der Waals surface area contributed by atoms with Crippen LogP contribution in [0, 0.1) is 11.8 Å². The molecule has 2 unspecified atom stereocenters. The fourth-order valence-electron chi connectivity index (χ4n) is 4.30. The molecule has 2 aliphatic rings. The summed E-state index contributed by atoms with van der Waals surface area (Å²) in [6, 6.07) is 8.33. The van der Waals surface area contributed by atoms with Gasteiger partial charge < -0.3 is 14.5 Å². The summed E-state index contributed by atoms with van der Waals surface area (Å²) in [6.07, 6.45) is 4.80. The fourth-order valence-corrected chi connectivity index (χ4v) is 4.49. The number of amides is 1. The van der Waals surface area contributed by atoms with Crippen LogP contribution in [-0.2, 0) is 4.79 Å². The second-order valence-corrected chi connectivity index (χ2v) is 7.87. The molecule has 1 amide bonds. The summed E-state index contributed by atoms with van der Waals surface area (Å²) < 4.78 is 5.59. The van der Waals surface area contributed by atoms with E-state index in [4.69, 9.17) is 16.3 Å². The smallest absolute Gasteiger partial charge is 0.260 e. The van der Waals surface area contributed by atoms with Crippen molar-refractivity contribution in [1.82, 2.24) is 9.80 Å². The highest BCUT2D eigenvalue weighted by Crippen LogP contribution is 2.46. The molecule has 0 bridgehead atoms. The number of halogens is 1. The van der Waals surface area contributed by atoms with Crippen LogP contribution in [0.2, 0.25) is 5.02 Å². The van der Waals surface area contributed by atoms with Crippen LogP contribution in [0.5, 0.6) is 5.75 Å². The van der Waals surface area contributed by atoms with Gasteiger partial charge in [-0.15, -0.1) is 0 Å². The summed E-state index contributed by atoms with van der Waals surface area (Å²) in [7, 11) is 6.25. The van der Waals surface area contributed by atoms with Crippen LogP contribution in [-0.4, -0.2) is 55.5 Å². The van der Waals surface area contributed by atoms with E-state index in [1.54, 1.807) is 12.1 Å². The number of para-hydroxylation sites is 1. The first-order valence-corrected chi connectivity index (χ1v) is 9.13. The third-order valence-corrected chi connectivity index (χ3v) is 6.14. The van der Waals surface area contributed by atoms with Crippen molar-refractivity contribution >= 4 is 17.5 Å². The van der Waals surface area contributed by atoms with Crippen molar-refractivity contribution in [1.29, 1.82) is 0 Å². The van der Waals surface area contributed by atoms with E-state index in [1.165, 1.54) is 12.8 Å². The summed E-state index contributed by atoms with van der Waals surface area (Å²) >= 11 is 6.06. The van der Waals surface area contributed by atoms with E-state index in [2.05, 4.69) is 19.0 Å². The number of hydrogen-bond acceptors (Lipinski definition) is 3. The summed E-state index contributed by atoms with van der Waals surface area (Å²) in [6.45, 7) is 0.0480. The molecule has 24 heavy (non-hydrogen) atoms. The Morgan fingerprint density at radius 3 is 2.25 bits per heavy atom. The Hall–Kier alpha value is -1.26. The SMILES string of the molecule is CN(C)C1C[C@@H]2CC(N(C)C(=O)COc3ccccc3Cl)C[C@@H]2C1. The van der Waals surface area contributed by atoms with Crippen LogP contribution >= 0.6 is 11.6 Å². The molecule has 0 aromatic heterocycles. The van der Waals surface area contributed by atoms with Crippen LogP contribution < -0.4 is 4.74 Å². The van der Waals surface area contributed by atoms with Crippen LogP contribution in [0.15, 0.2) is 24.3 Å². The van der Waals surface area contributed by atoms with E-state index < -0.39 is 0 Å². The molecule has 2 aliphatic carbocycles. The minimum Gasteiger partial charge on any atom is -0.482 e. The minimum absolute atomic E-state index is 0.0315. The van der Waals surface area contributed by atoms with Gasteiger partial charge in [-0.3, -0.25) is 4.79 Å². The van der Waals surface area contributed by atoms with Gasteiger partial charge in [-0.25, -0.2) is 0 Å². The summed E-state index contributed by atoms with van der Waals surface area (Å²) in [4.78, 5) is 16.7. The third-order valence-electron chi connectivity index (χ3n) is 5.83. The Kier molecular flexibility index (Phi) is 5.36. The zero-order valence-corrected chi connectivity index (χ0v) is 15.5. The van der Waals surface area contributed by atoms with E-state index in [-0.39, 0.29) is 12.5 Å². The van der Waals surface area contributed by atoms with Crippen LogP contribution in [0.3, 0.4) is 0 Å². The van der Waals surface area contributed by atoms with Crippen molar-refractivity contribution < 1.29 is 9.53 Å². The van der Waals surface area contributed by atoms with Crippen LogP contribution in [0.25, 0.3) is 0 Å². The Bertz CT molecular complexity index is 578. The van der Waals surface area contributed by atoms with Crippen LogP contribution in [0.1, 0.15) is 25.7 Å². The lowest BCUT2D eigenvalue weighted by Gasteiger charge is -2.27. The molecule has 1 aromatic carbocycles. The van der Waals surface area contributed by atoms with E-state index in [0.717, 1.165) is 24.7 Å². The third kappa shape index (κ3) is 3.70. The number of rotatable bonds is 5. The average molecular weight is 351 g/mol. The maximum absolute atomic E-state index is 12.5. The lowest BCUT2D eigenvalue weighted by atomic mass is 10.0. The normalized spacial score (nSPS) is 28.9. The molecule has 0 radical (unpaired) electrons. The Labute approximate surface area is 149 Å². The van der Waals surface area contributed by atoms with Crippen molar-refractivity contribution in [3.8, 4) is 5.75 Å². The molecule has 132 valence electrons. The first kappa shape index (κ1) is 17.6. The van der Waals surface area contributed by atoms with Crippen molar-refractivity contribution in [2.24, 2.45) is 11.8 Å². The van der Waals surface area contributed by atoms with E-state index in [0.29, 0.717) is 22.9 Å². The van der Waals surface area contributed by atoms with Gasteiger partial charge in [0.25, 0.3) is 5.91 Å². The first-order valence-electron chi connectivity index (χ1n) is 8.75. The molecule has 1 aromatic rings. The van der Waals surface area contributed by atoms with Gasteiger partial charge >= 0.3 is 0 Å². The lowest BCUT2D eigenvalue weighted by Crippen LogP contribution is -2.39. The molecule has 2 fully saturated rings. The molecule has 2 saturated carbocycles. The predicted molar refractivity (Wildman–Crippen MR) is 96.4 cm³/mol. The van der Waals surface area contributed by atoms with Gasteiger partial charge in [0.1, 0.15) is 5.75 Å². The summed E-state index contributed by atoms with van der Waals surface area (Å²) in [5.41, 5.74) is 0. The Morgan fingerprint density at radius 2 is 1.67 bits per heavy atom. The summed E-state index contributed by atoms with van der Waals surface area (Å²) in [5, 5.41) is 0.540. The number of benzene rings is 1. The fraction of sp³-hybridized carbons (Fsp3) is 0.632. The van der Waals surface area contributed by atoms with E-state index in [9.17, 15) is 4.79 Å². The second-order valence-electron chi connectivity index (χ2n) is 7.46. The van der Waals surface area contributed by atoms with E-state index >= 15 is 0 Å². The summed E-state index contributed by atoms with van der Waals surface area (Å²) in [5.74, 6) is 2.13.